The van der Waals surface area contributed by atoms with Crippen LogP contribution in [0, 0.1) is 0 Å². The minimum Gasteiger partial charge on any atom is -0.497 e. The molecule has 1 aromatic carbocycles. The molecule has 4 heteroatoms. The molecule has 0 bridgehead atoms. The highest BCUT2D eigenvalue weighted by molar-refractivity contribution is 5.30. The van der Waals surface area contributed by atoms with Crippen LogP contribution in [0.15, 0.2) is 36.8 Å². The van der Waals surface area contributed by atoms with Crippen LogP contribution in [0.4, 0.5) is 0 Å². The average Bonchev–Trinajstić information content (AvgIpc) is 3.23. The van der Waals surface area contributed by atoms with Gasteiger partial charge in [-0.15, -0.1) is 0 Å². The van der Waals surface area contributed by atoms with E-state index in [0.717, 1.165) is 12.3 Å². The van der Waals surface area contributed by atoms with E-state index in [9.17, 15) is 0 Å². The van der Waals surface area contributed by atoms with Gasteiger partial charge in [0.15, 0.2) is 0 Å². The van der Waals surface area contributed by atoms with Crippen LogP contribution in [0.5, 0.6) is 5.75 Å². The molecular weight excluding hydrogens is 250 g/mol. The number of methoxy groups -OCH3 is 1. The van der Waals surface area contributed by atoms with Crippen LogP contribution in [-0.4, -0.2) is 16.7 Å². The van der Waals surface area contributed by atoms with Gasteiger partial charge in [-0.05, 0) is 37.5 Å². The van der Waals surface area contributed by atoms with Gasteiger partial charge in [0.25, 0.3) is 0 Å². The number of benzene rings is 1. The van der Waals surface area contributed by atoms with Crippen LogP contribution < -0.4 is 10.1 Å². The number of hydrogen-bond donors (Lipinski definition) is 1. The third-order valence-corrected chi connectivity index (χ3v) is 3.87. The Kier molecular flexibility index (Phi) is 3.74. The molecular formula is C16H21N3O. The monoisotopic (exact) mass is 271 g/mol. The minimum absolute atomic E-state index is 0.285. The van der Waals surface area contributed by atoms with Crippen LogP contribution in [0.3, 0.4) is 0 Å². The molecule has 1 aromatic heterocycles. The Morgan fingerprint density at radius 3 is 3.05 bits per heavy atom. The third-order valence-electron chi connectivity index (χ3n) is 3.87. The summed E-state index contributed by atoms with van der Waals surface area (Å²) in [6.45, 7) is 3.02. The number of nitrogens with one attached hydrogen (secondary N) is 1. The van der Waals surface area contributed by atoms with Crippen LogP contribution >= 0.6 is 0 Å². The van der Waals surface area contributed by atoms with Crippen molar-refractivity contribution < 1.29 is 4.74 Å². The molecule has 1 aliphatic rings. The number of ether oxygens (including phenoxy) is 1. The summed E-state index contributed by atoms with van der Waals surface area (Å²) in [7, 11) is 1.70. The van der Waals surface area contributed by atoms with Gasteiger partial charge in [-0.25, -0.2) is 4.98 Å². The van der Waals surface area contributed by atoms with Crippen molar-refractivity contribution in [1.82, 2.24) is 14.9 Å². The van der Waals surface area contributed by atoms with Gasteiger partial charge in [0.2, 0.25) is 0 Å². The summed E-state index contributed by atoms with van der Waals surface area (Å²) in [6.07, 6.45) is 6.48. The molecule has 1 aliphatic carbocycles. The summed E-state index contributed by atoms with van der Waals surface area (Å²) in [6, 6.07) is 9.17. The maximum absolute atomic E-state index is 5.27. The van der Waals surface area contributed by atoms with Crippen LogP contribution in [0.25, 0.3) is 0 Å². The molecule has 2 aromatic rings. The number of hydrogen-bond acceptors (Lipinski definition) is 3. The lowest BCUT2D eigenvalue weighted by Gasteiger charge is -2.16. The molecule has 1 saturated carbocycles. The van der Waals surface area contributed by atoms with E-state index in [1.54, 1.807) is 7.11 Å². The van der Waals surface area contributed by atoms with E-state index in [4.69, 9.17) is 4.74 Å². The number of imidazole rings is 1. The first kappa shape index (κ1) is 13.2. The Bertz CT molecular complexity index is 575. The van der Waals surface area contributed by atoms with Crippen molar-refractivity contribution in [2.45, 2.75) is 38.4 Å². The fourth-order valence-corrected chi connectivity index (χ4v) is 2.44. The highest BCUT2D eigenvalue weighted by Gasteiger charge is 2.25. The zero-order valence-electron chi connectivity index (χ0n) is 12.0. The molecule has 0 aliphatic heterocycles. The zero-order valence-corrected chi connectivity index (χ0v) is 12.0. The molecule has 0 radical (unpaired) electrons. The quantitative estimate of drug-likeness (QED) is 0.877. The van der Waals surface area contributed by atoms with Gasteiger partial charge in [-0.3, -0.25) is 0 Å². The van der Waals surface area contributed by atoms with Crippen molar-refractivity contribution in [3.63, 3.8) is 0 Å². The fraction of sp³-hybridized carbons (Fsp3) is 0.438. The number of nitrogens with zero attached hydrogens (tertiary/aromatic N) is 2. The first-order chi connectivity index (χ1) is 9.78. The smallest absolute Gasteiger partial charge is 0.119 e. The Morgan fingerprint density at radius 1 is 1.45 bits per heavy atom. The lowest BCUT2D eigenvalue weighted by molar-refractivity contribution is 0.413. The van der Waals surface area contributed by atoms with Gasteiger partial charge in [-0.1, -0.05) is 12.1 Å². The van der Waals surface area contributed by atoms with Gasteiger partial charge in [-0.2, -0.15) is 0 Å². The van der Waals surface area contributed by atoms with Gasteiger partial charge < -0.3 is 14.6 Å². The lowest BCUT2D eigenvalue weighted by atomic mass is 10.1. The predicted octanol–water partition coefficient (Wildman–Crippen LogP) is 3.08. The van der Waals surface area contributed by atoms with Crippen molar-refractivity contribution >= 4 is 0 Å². The maximum atomic E-state index is 5.27. The molecule has 3 rings (SSSR count). The summed E-state index contributed by atoms with van der Waals surface area (Å²) in [5.74, 6) is 0.902. The van der Waals surface area contributed by atoms with Crippen LogP contribution in [0.1, 0.15) is 43.1 Å². The van der Waals surface area contributed by atoms with Crippen molar-refractivity contribution in [3.05, 3.63) is 48.0 Å². The van der Waals surface area contributed by atoms with Crippen LogP contribution in [-0.2, 0) is 6.54 Å². The summed E-state index contributed by atoms with van der Waals surface area (Å²) >= 11 is 0. The summed E-state index contributed by atoms with van der Waals surface area (Å²) in [4.78, 5) is 4.26. The molecule has 1 N–H and O–H groups in total. The van der Waals surface area contributed by atoms with Crippen molar-refractivity contribution in [1.29, 1.82) is 0 Å². The Hall–Kier alpha value is -1.81. The summed E-state index contributed by atoms with van der Waals surface area (Å²) in [5, 5.41) is 3.56. The van der Waals surface area contributed by atoms with E-state index < -0.39 is 0 Å². The molecule has 0 amide bonds. The molecule has 0 unspecified atom stereocenters. The van der Waals surface area contributed by atoms with E-state index in [-0.39, 0.29) is 6.04 Å². The number of rotatable bonds is 6. The van der Waals surface area contributed by atoms with E-state index in [1.807, 2.05) is 24.7 Å². The van der Waals surface area contributed by atoms with E-state index in [2.05, 4.69) is 33.9 Å². The Balaban J connectivity index is 1.63. The molecule has 4 nitrogen and oxygen atoms in total. The fourth-order valence-electron chi connectivity index (χ4n) is 2.44. The molecule has 1 heterocycles. The highest BCUT2D eigenvalue weighted by atomic mass is 16.5. The molecule has 0 spiro atoms. The summed E-state index contributed by atoms with van der Waals surface area (Å²) in [5.41, 5.74) is 2.50. The molecule has 0 saturated heterocycles. The zero-order chi connectivity index (χ0) is 13.9. The standard InChI is InChI=1S/C16H21N3O/c1-12(13-4-3-5-16(8-13)20-2)18-10-15-9-17-11-19(15)14-6-7-14/h3-5,8-9,11-12,14,18H,6-7,10H2,1-2H3/t12-/m1/s1. The maximum Gasteiger partial charge on any atom is 0.119 e. The average molecular weight is 271 g/mol. The van der Waals surface area contributed by atoms with Gasteiger partial charge in [0.05, 0.1) is 19.1 Å². The third kappa shape index (κ3) is 2.85. The van der Waals surface area contributed by atoms with Crippen molar-refractivity contribution in [3.8, 4) is 5.75 Å². The van der Waals surface area contributed by atoms with Crippen molar-refractivity contribution in [2.75, 3.05) is 7.11 Å². The van der Waals surface area contributed by atoms with Crippen LogP contribution in [0.2, 0.25) is 0 Å². The summed E-state index contributed by atoms with van der Waals surface area (Å²) < 4.78 is 7.57. The molecule has 106 valence electrons. The second kappa shape index (κ2) is 5.67. The molecule has 1 fully saturated rings. The second-order valence-electron chi connectivity index (χ2n) is 5.40. The van der Waals surface area contributed by atoms with Gasteiger partial charge in [0.1, 0.15) is 5.75 Å². The van der Waals surface area contributed by atoms with E-state index >= 15 is 0 Å². The van der Waals surface area contributed by atoms with E-state index in [1.165, 1.54) is 24.1 Å². The first-order valence-electron chi connectivity index (χ1n) is 7.16. The first-order valence-corrected chi connectivity index (χ1v) is 7.16. The van der Waals surface area contributed by atoms with Gasteiger partial charge in [0, 0.05) is 24.8 Å². The predicted molar refractivity (Wildman–Crippen MR) is 78.7 cm³/mol. The second-order valence-corrected chi connectivity index (χ2v) is 5.40. The normalized spacial score (nSPS) is 16.1. The van der Waals surface area contributed by atoms with E-state index in [0.29, 0.717) is 6.04 Å². The topological polar surface area (TPSA) is 39.1 Å². The van der Waals surface area contributed by atoms with Gasteiger partial charge >= 0.3 is 0 Å². The Morgan fingerprint density at radius 2 is 2.30 bits per heavy atom. The lowest BCUT2D eigenvalue weighted by Crippen LogP contribution is -2.19. The Labute approximate surface area is 119 Å². The highest BCUT2D eigenvalue weighted by Crippen LogP contribution is 2.35. The SMILES string of the molecule is COc1cccc([C@@H](C)NCc2cncn2C2CC2)c1. The molecule has 1 atom stereocenters. The largest absolute Gasteiger partial charge is 0.497 e. The molecule has 20 heavy (non-hydrogen) atoms. The number of aromatic nitrogens is 2. The van der Waals surface area contributed by atoms with Crippen molar-refractivity contribution in [2.24, 2.45) is 0 Å². The minimum atomic E-state index is 0.285.